The van der Waals surface area contributed by atoms with Gasteiger partial charge < -0.3 is 15.4 Å². The largest absolute Gasteiger partial charge is 0.368 e. The number of amides is 2. The molecule has 2 fully saturated rings. The normalized spacial score (nSPS) is 25.3. The van der Waals surface area contributed by atoms with Crippen molar-refractivity contribution < 1.29 is 14.3 Å². The van der Waals surface area contributed by atoms with Crippen LogP contribution in [0.3, 0.4) is 0 Å². The number of nitrogens with zero attached hydrogens (tertiary/aromatic N) is 2. The number of ether oxygens (including phenoxy) is 1. The molecule has 2 amide bonds. The van der Waals surface area contributed by atoms with E-state index >= 15 is 0 Å². The lowest BCUT2D eigenvalue weighted by atomic mass is 10.1. The van der Waals surface area contributed by atoms with Crippen LogP contribution < -0.4 is 5.73 Å². The topological polar surface area (TPSA) is 75.9 Å². The number of likely N-dealkylation sites (tertiary alicyclic amines) is 1. The number of hydrogen-bond donors (Lipinski definition) is 1. The Morgan fingerprint density at radius 2 is 2.05 bits per heavy atom. The second kappa shape index (κ2) is 6.24. The van der Waals surface area contributed by atoms with E-state index in [1.54, 1.807) is 4.90 Å². The molecule has 22 heavy (non-hydrogen) atoms. The van der Waals surface area contributed by atoms with Crippen molar-refractivity contribution >= 4 is 23.4 Å². The highest BCUT2D eigenvalue weighted by Crippen LogP contribution is 2.25. The molecule has 0 aliphatic carbocycles. The van der Waals surface area contributed by atoms with Gasteiger partial charge in [-0.15, -0.1) is 0 Å². The Morgan fingerprint density at radius 3 is 2.73 bits per heavy atom. The van der Waals surface area contributed by atoms with Crippen molar-refractivity contribution in [3.8, 4) is 0 Å². The quantitative estimate of drug-likeness (QED) is 0.861. The van der Waals surface area contributed by atoms with Gasteiger partial charge in [0.25, 0.3) is 0 Å². The van der Waals surface area contributed by atoms with Crippen molar-refractivity contribution in [3.05, 3.63) is 34.9 Å². The molecule has 2 unspecified atom stereocenters. The number of primary amides is 1. The van der Waals surface area contributed by atoms with Gasteiger partial charge in [0.1, 0.15) is 6.61 Å². The molecule has 2 N–H and O–H groups in total. The summed E-state index contributed by atoms with van der Waals surface area (Å²) in [7, 11) is 0. The summed E-state index contributed by atoms with van der Waals surface area (Å²) in [6.45, 7) is 2.13. The fourth-order valence-corrected chi connectivity index (χ4v) is 3.22. The molecule has 6 nitrogen and oxygen atoms in total. The van der Waals surface area contributed by atoms with Gasteiger partial charge in [0.15, 0.2) is 0 Å². The number of fused-ring (bicyclic) bond motifs is 1. The highest BCUT2D eigenvalue weighted by molar-refractivity contribution is 6.30. The van der Waals surface area contributed by atoms with Crippen LogP contribution in [-0.2, 0) is 20.9 Å². The van der Waals surface area contributed by atoms with Crippen LogP contribution in [0.25, 0.3) is 0 Å². The fraction of sp³-hybridized carbons (Fsp3) is 0.467. The molecular formula is C15H18ClN3O3. The van der Waals surface area contributed by atoms with Crippen molar-refractivity contribution in [3.63, 3.8) is 0 Å². The van der Waals surface area contributed by atoms with Crippen LogP contribution in [0.15, 0.2) is 24.3 Å². The lowest BCUT2D eigenvalue weighted by Crippen LogP contribution is -2.56. The number of benzene rings is 1. The Kier molecular flexibility index (Phi) is 4.33. The second-order valence-electron chi connectivity index (χ2n) is 5.73. The second-order valence-corrected chi connectivity index (χ2v) is 6.16. The van der Waals surface area contributed by atoms with E-state index in [0.717, 1.165) is 18.7 Å². The first-order valence-electron chi connectivity index (χ1n) is 7.19. The minimum Gasteiger partial charge on any atom is -0.368 e. The minimum atomic E-state index is -0.495. The van der Waals surface area contributed by atoms with Crippen LogP contribution in [0, 0.1) is 0 Å². The summed E-state index contributed by atoms with van der Waals surface area (Å²) < 4.78 is 5.61. The third-order valence-electron chi connectivity index (χ3n) is 4.10. The van der Waals surface area contributed by atoms with Crippen LogP contribution >= 0.6 is 11.6 Å². The molecule has 3 rings (SSSR count). The van der Waals surface area contributed by atoms with Gasteiger partial charge in [-0.05, 0) is 17.7 Å². The summed E-state index contributed by atoms with van der Waals surface area (Å²) in [5, 5.41) is 0.709. The number of halogens is 1. The van der Waals surface area contributed by atoms with Gasteiger partial charge in [-0.3, -0.25) is 14.5 Å². The molecule has 2 heterocycles. The first-order valence-corrected chi connectivity index (χ1v) is 7.57. The Morgan fingerprint density at radius 1 is 1.32 bits per heavy atom. The van der Waals surface area contributed by atoms with Crippen molar-refractivity contribution in [1.29, 1.82) is 0 Å². The number of nitrogens with two attached hydrogens (primary N) is 1. The zero-order chi connectivity index (χ0) is 15.7. The SMILES string of the molecule is NC(=O)CN1C(=O)COC2CN(Cc3ccc(Cl)cc3)CC21. The summed E-state index contributed by atoms with van der Waals surface area (Å²) >= 11 is 5.89. The summed E-state index contributed by atoms with van der Waals surface area (Å²) in [6, 6.07) is 7.58. The predicted octanol–water partition coefficient (Wildman–Crippen LogP) is 0.237. The van der Waals surface area contributed by atoms with Gasteiger partial charge in [0.2, 0.25) is 11.8 Å². The monoisotopic (exact) mass is 323 g/mol. The zero-order valence-corrected chi connectivity index (χ0v) is 12.8. The fourth-order valence-electron chi connectivity index (χ4n) is 3.09. The van der Waals surface area contributed by atoms with Crippen molar-refractivity contribution in [2.75, 3.05) is 26.2 Å². The van der Waals surface area contributed by atoms with E-state index in [2.05, 4.69) is 4.90 Å². The molecule has 0 saturated carbocycles. The summed E-state index contributed by atoms with van der Waals surface area (Å²) in [5.41, 5.74) is 6.39. The van der Waals surface area contributed by atoms with E-state index < -0.39 is 5.91 Å². The van der Waals surface area contributed by atoms with Crippen LogP contribution in [-0.4, -0.2) is 60.0 Å². The van der Waals surface area contributed by atoms with Gasteiger partial charge in [0.05, 0.1) is 18.7 Å². The molecular weight excluding hydrogens is 306 g/mol. The lowest BCUT2D eigenvalue weighted by molar-refractivity contribution is -0.155. The van der Waals surface area contributed by atoms with Gasteiger partial charge in [-0.1, -0.05) is 23.7 Å². The van der Waals surface area contributed by atoms with Crippen LogP contribution in [0.5, 0.6) is 0 Å². The first kappa shape index (κ1) is 15.3. The van der Waals surface area contributed by atoms with E-state index in [4.69, 9.17) is 22.1 Å². The van der Waals surface area contributed by atoms with Gasteiger partial charge in [0, 0.05) is 24.7 Å². The molecule has 2 aliphatic rings. The molecule has 1 aromatic carbocycles. The average molecular weight is 324 g/mol. The number of hydrogen-bond acceptors (Lipinski definition) is 4. The number of carbonyl (C=O) groups excluding carboxylic acids is 2. The third kappa shape index (κ3) is 3.24. The molecule has 2 atom stereocenters. The average Bonchev–Trinajstić information content (AvgIpc) is 2.87. The highest BCUT2D eigenvalue weighted by atomic mass is 35.5. The van der Waals surface area contributed by atoms with E-state index in [9.17, 15) is 9.59 Å². The number of carbonyl (C=O) groups is 2. The van der Waals surface area contributed by atoms with Gasteiger partial charge >= 0.3 is 0 Å². The van der Waals surface area contributed by atoms with Crippen LogP contribution in [0.2, 0.25) is 5.02 Å². The van der Waals surface area contributed by atoms with E-state index in [0.29, 0.717) is 11.6 Å². The Balaban J connectivity index is 1.67. The standard InChI is InChI=1S/C15H18ClN3O3/c16-11-3-1-10(2-4-11)5-18-6-12-13(7-18)22-9-15(21)19(12)8-14(17)20/h1-4,12-13H,5-9H2,(H2,17,20). The molecule has 0 spiro atoms. The maximum atomic E-state index is 11.9. The molecule has 1 aromatic rings. The molecule has 0 bridgehead atoms. The molecule has 0 radical (unpaired) electrons. The summed E-state index contributed by atoms with van der Waals surface area (Å²) in [4.78, 5) is 26.9. The maximum absolute atomic E-state index is 11.9. The number of rotatable bonds is 4. The van der Waals surface area contributed by atoms with Crippen molar-refractivity contribution in [2.45, 2.75) is 18.7 Å². The van der Waals surface area contributed by atoms with E-state index in [-0.39, 0.29) is 31.2 Å². The third-order valence-corrected chi connectivity index (χ3v) is 4.35. The lowest BCUT2D eigenvalue weighted by Gasteiger charge is -2.35. The molecule has 7 heteroatoms. The van der Waals surface area contributed by atoms with E-state index in [1.165, 1.54) is 0 Å². The molecule has 2 aliphatic heterocycles. The summed E-state index contributed by atoms with van der Waals surface area (Å²) in [6.07, 6.45) is -0.0654. The van der Waals surface area contributed by atoms with Crippen LogP contribution in [0.1, 0.15) is 5.56 Å². The van der Waals surface area contributed by atoms with E-state index in [1.807, 2.05) is 24.3 Å². The predicted molar refractivity (Wildman–Crippen MR) is 81.2 cm³/mol. The van der Waals surface area contributed by atoms with Crippen molar-refractivity contribution in [1.82, 2.24) is 9.80 Å². The highest BCUT2D eigenvalue weighted by Gasteiger charge is 2.43. The zero-order valence-electron chi connectivity index (χ0n) is 12.1. The van der Waals surface area contributed by atoms with Gasteiger partial charge in [-0.25, -0.2) is 0 Å². The van der Waals surface area contributed by atoms with Crippen LogP contribution in [0.4, 0.5) is 0 Å². The first-order chi connectivity index (χ1) is 10.5. The minimum absolute atomic E-state index is 0.0171. The molecule has 0 aromatic heterocycles. The maximum Gasteiger partial charge on any atom is 0.249 e. The van der Waals surface area contributed by atoms with Crippen molar-refractivity contribution in [2.24, 2.45) is 5.73 Å². The Labute approximate surface area is 133 Å². The van der Waals surface area contributed by atoms with Gasteiger partial charge in [-0.2, -0.15) is 0 Å². The smallest absolute Gasteiger partial charge is 0.249 e. The molecule has 118 valence electrons. The number of morpholine rings is 1. The molecule has 2 saturated heterocycles. The Hall–Kier alpha value is -1.63. The Bertz CT molecular complexity index is 578. The summed E-state index contributed by atoms with van der Waals surface area (Å²) in [5.74, 6) is -0.668.